The standard InChI is InChI=1S/C15H17F3N4O/c1-11(9-22-7-6-19-10-22)8-20-14(23)21-13-5-3-2-4-12(13)15(16,17)18/h2-7,10-11H,8-9H2,1H3,(H2,20,21,23). The van der Waals surface area contributed by atoms with E-state index in [-0.39, 0.29) is 11.6 Å². The molecule has 1 atom stereocenters. The molecule has 2 aromatic rings. The minimum atomic E-state index is -4.52. The van der Waals surface area contributed by atoms with Gasteiger partial charge in [-0.3, -0.25) is 0 Å². The number of hydrogen-bond donors (Lipinski definition) is 2. The van der Waals surface area contributed by atoms with E-state index in [0.29, 0.717) is 13.1 Å². The lowest BCUT2D eigenvalue weighted by atomic mass is 10.1. The van der Waals surface area contributed by atoms with Gasteiger partial charge >= 0.3 is 12.2 Å². The number of nitrogens with one attached hydrogen (secondary N) is 2. The monoisotopic (exact) mass is 326 g/mol. The normalized spacial score (nSPS) is 12.7. The molecule has 23 heavy (non-hydrogen) atoms. The van der Waals surface area contributed by atoms with Gasteiger partial charge in [0, 0.05) is 25.5 Å². The van der Waals surface area contributed by atoms with E-state index in [1.165, 1.54) is 18.2 Å². The molecule has 1 heterocycles. The predicted molar refractivity (Wildman–Crippen MR) is 79.9 cm³/mol. The Morgan fingerprint density at radius 2 is 2.09 bits per heavy atom. The second-order valence-corrected chi connectivity index (χ2v) is 5.24. The Balaban J connectivity index is 1.88. The molecule has 0 spiro atoms. The van der Waals surface area contributed by atoms with Crippen molar-refractivity contribution in [2.45, 2.75) is 19.6 Å². The van der Waals surface area contributed by atoms with Crippen molar-refractivity contribution >= 4 is 11.7 Å². The molecule has 0 aliphatic carbocycles. The van der Waals surface area contributed by atoms with Crippen LogP contribution < -0.4 is 10.6 Å². The third kappa shape index (κ3) is 5.01. The zero-order valence-electron chi connectivity index (χ0n) is 12.5. The summed E-state index contributed by atoms with van der Waals surface area (Å²) < 4.78 is 40.4. The fourth-order valence-electron chi connectivity index (χ4n) is 2.09. The smallest absolute Gasteiger partial charge is 0.338 e. The van der Waals surface area contributed by atoms with E-state index in [4.69, 9.17) is 0 Å². The number of nitrogens with zero attached hydrogens (tertiary/aromatic N) is 2. The van der Waals surface area contributed by atoms with Crippen molar-refractivity contribution in [1.82, 2.24) is 14.9 Å². The third-order valence-corrected chi connectivity index (χ3v) is 3.17. The van der Waals surface area contributed by atoms with Gasteiger partial charge in [-0.1, -0.05) is 19.1 Å². The fourth-order valence-corrected chi connectivity index (χ4v) is 2.09. The molecule has 0 saturated carbocycles. The van der Waals surface area contributed by atoms with Crippen molar-refractivity contribution in [1.29, 1.82) is 0 Å². The van der Waals surface area contributed by atoms with Gasteiger partial charge in [0.15, 0.2) is 0 Å². The number of benzene rings is 1. The molecule has 0 aliphatic heterocycles. The summed E-state index contributed by atoms with van der Waals surface area (Å²) in [4.78, 5) is 15.7. The van der Waals surface area contributed by atoms with E-state index < -0.39 is 17.8 Å². The van der Waals surface area contributed by atoms with Crippen LogP contribution in [0.4, 0.5) is 23.7 Å². The van der Waals surface area contributed by atoms with Crippen molar-refractivity contribution in [2.24, 2.45) is 5.92 Å². The molecule has 124 valence electrons. The van der Waals surface area contributed by atoms with Gasteiger partial charge in [0.2, 0.25) is 0 Å². The van der Waals surface area contributed by atoms with Crippen LogP contribution in [0.1, 0.15) is 12.5 Å². The topological polar surface area (TPSA) is 59.0 Å². The lowest BCUT2D eigenvalue weighted by Crippen LogP contribution is -2.34. The number of urea groups is 1. The number of aromatic nitrogens is 2. The van der Waals surface area contributed by atoms with Crippen LogP contribution in [0.3, 0.4) is 0 Å². The number of hydrogen-bond acceptors (Lipinski definition) is 2. The largest absolute Gasteiger partial charge is 0.418 e. The van der Waals surface area contributed by atoms with Gasteiger partial charge in [0.1, 0.15) is 0 Å². The molecule has 5 nitrogen and oxygen atoms in total. The molecule has 0 aliphatic rings. The maximum Gasteiger partial charge on any atom is 0.418 e. The zero-order chi connectivity index (χ0) is 16.9. The molecule has 1 aromatic heterocycles. The Labute approximate surface area is 131 Å². The number of halogens is 3. The van der Waals surface area contributed by atoms with Crippen LogP contribution in [0.15, 0.2) is 43.0 Å². The molecular formula is C15H17F3N4O. The van der Waals surface area contributed by atoms with Gasteiger partial charge in [-0.2, -0.15) is 13.2 Å². The number of alkyl halides is 3. The Hall–Kier alpha value is -2.51. The summed E-state index contributed by atoms with van der Waals surface area (Å²) in [6.45, 7) is 2.90. The van der Waals surface area contributed by atoms with Gasteiger partial charge in [0.25, 0.3) is 0 Å². The number of carbonyl (C=O) groups excluding carboxylic acids is 1. The molecule has 2 rings (SSSR count). The van der Waals surface area contributed by atoms with Crippen LogP contribution >= 0.6 is 0 Å². The number of para-hydroxylation sites is 1. The number of rotatable bonds is 5. The van der Waals surface area contributed by atoms with E-state index >= 15 is 0 Å². The van der Waals surface area contributed by atoms with Crippen LogP contribution in [0.5, 0.6) is 0 Å². The fraction of sp³-hybridized carbons (Fsp3) is 0.333. The summed E-state index contributed by atoms with van der Waals surface area (Å²) in [7, 11) is 0. The predicted octanol–water partition coefficient (Wildman–Crippen LogP) is 3.36. The second kappa shape index (κ2) is 7.17. The number of carbonyl (C=O) groups is 1. The molecule has 2 N–H and O–H groups in total. The van der Waals surface area contributed by atoms with E-state index in [1.807, 2.05) is 11.5 Å². The summed E-state index contributed by atoms with van der Waals surface area (Å²) in [6.07, 6.45) is 0.603. The first-order valence-corrected chi connectivity index (χ1v) is 7.03. The quantitative estimate of drug-likeness (QED) is 0.885. The lowest BCUT2D eigenvalue weighted by molar-refractivity contribution is -0.136. The van der Waals surface area contributed by atoms with Crippen LogP contribution in [0.2, 0.25) is 0 Å². The molecule has 0 saturated heterocycles. The Bertz CT molecular complexity index is 640. The van der Waals surface area contributed by atoms with Crippen LogP contribution in [0, 0.1) is 5.92 Å². The average Bonchev–Trinajstić information content (AvgIpc) is 2.97. The highest BCUT2D eigenvalue weighted by molar-refractivity contribution is 5.90. The Kier molecular flexibility index (Phi) is 5.25. The van der Waals surface area contributed by atoms with Crippen molar-refractivity contribution in [3.05, 3.63) is 48.5 Å². The number of anilines is 1. The van der Waals surface area contributed by atoms with Gasteiger partial charge < -0.3 is 15.2 Å². The summed E-state index contributed by atoms with van der Waals surface area (Å²) in [5.74, 6) is 0.104. The second-order valence-electron chi connectivity index (χ2n) is 5.24. The van der Waals surface area contributed by atoms with Gasteiger partial charge in [-0.15, -0.1) is 0 Å². The molecule has 0 radical (unpaired) electrons. The van der Waals surface area contributed by atoms with Crippen LogP contribution in [0.25, 0.3) is 0 Å². The van der Waals surface area contributed by atoms with Crippen molar-refractivity contribution in [3.63, 3.8) is 0 Å². The minimum absolute atomic E-state index is 0.104. The highest BCUT2D eigenvalue weighted by atomic mass is 19.4. The Morgan fingerprint density at radius 1 is 1.35 bits per heavy atom. The van der Waals surface area contributed by atoms with E-state index in [0.717, 1.165) is 6.07 Å². The number of imidazole rings is 1. The van der Waals surface area contributed by atoms with Gasteiger partial charge in [-0.25, -0.2) is 9.78 Å². The van der Waals surface area contributed by atoms with Gasteiger partial charge in [0.05, 0.1) is 17.6 Å². The van der Waals surface area contributed by atoms with Crippen molar-refractivity contribution in [3.8, 4) is 0 Å². The number of amides is 2. The van der Waals surface area contributed by atoms with Crippen LogP contribution in [-0.4, -0.2) is 22.1 Å². The zero-order valence-corrected chi connectivity index (χ0v) is 12.5. The van der Waals surface area contributed by atoms with Gasteiger partial charge in [-0.05, 0) is 18.1 Å². The maximum atomic E-state index is 12.8. The lowest BCUT2D eigenvalue weighted by Gasteiger charge is -2.16. The van der Waals surface area contributed by atoms with Crippen LogP contribution in [-0.2, 0) is 12.7 Å². The first-order valence-electron chi connectivity index (χ1n) is 7.03. The SMILES string of the molecule is CC(CNC(=O)Nc1ccccc1C(F)(F)F)Cn1ccnc1. The highest BCUT2D eigenvalue weighted by Crippen LogP contribution is 2.34. The molecule has 0 fully saturated rings. The molecule has 0 bridgehead atoms. The maximum absolute atomic E-state index is 12.8. The summed E-state index contributed by atoms with van der Waals surface area (Å²) in [5.41, 5.74) is -1.14. The summed E-state index contributed by atoms with van der Waals surface area (Å²) >= 11 is 0. The molecular weight excluding hydrogens is 309 g/mol. The van der Waals surface area contributed by atoms with E-state index in [2.05, 4.69) is 15.6 Å². The summed E-state index contributed by atoms with van der Waals surface area (Å²) in [6, 6.07) is 4.19. The van der Waals surface area contributed by atoms with E-state index in [1.54, 1.807) is 18.7 Å². The first kappa shape index (κ1) is 16.9. The molecule has 1 aromatic carbocycles. The molecule has 8 heteroatoms. The molecule has 1 unspecified atom stereocenters. The first-order chi connectivity index (χ1) is 10.9. The third-order valence-electron chi connectivity index (χ3n) is 3.17. The summed E-state index contributed by atoms with van der Waals surface area (Å²) in [5, 5.41) is 4.81. The van der Waals surface area contributed by atoms with E-state index in [9.17, 15) is 18.0 Å². The minimum Gasteiger partial charge on any atom is -0.338 e. The van der Waals surface area contributed by atoms with Crippen molar-refractivity contribution in [2.75, 3.05) is 11.9 Å². The Morgan fingerprint density at radius 3 is 2.74 bits per heavy atom. The molecule has 2 amide bonds. The van der Waals surface area contributed by atoms with Crippen molar-refractivity contribution < 1.29 is 18.0 Å². The average molecular weight is 326 g/mol. The highest BCUT2D eigenvalue weighted by Gasteiger charge is 2.33.